The zero-order valence-electron chi connectivity index (χ0n) is 28.0. The molecule has 0 unspecified atom stereocenters. The molecular formula is C42H53NO3. The molecule has 3 aromatic rings. The third kappa shape index (κ3) is 7.10. The summed E-state index contributed by atoms with van der Waals surface area (Å²) in [7, 11) is 0. The summed E-state index contributed by atoms with van der Waals surface area (Å²) >= 11 is 0. The predicted octanol–water partition coefficient (Wildman–Crippen LogP) is 8.89. The second-order valence-electron chi connectivity index (χ2n) is 14.8. The number of allylic oxidation sites excluding steroid dienone is 2. The summed E-state index contributed by atoms with van der Waals surface area (Å²) in [6.07, 6.45) is 13.6. The maximum absolute atomic E-state index is 14.5. The summed E-state index contributed by atoms with van der Waals surface area (Å²) in [5.74, 6) is 0.0840. The molecule has 0 amide bonds. The minimum Gasteiger partial charge on any atom is -0.393 e. The summed E-state index contributed by atoms with van der Waals surface area (Å²) < 4.78 is 0. The van der Waals surface area contributed by atoms with Gasteiger partial charge < -0.3 is 15.1 Å². The van der Waals surface area contributed by atoms with Crippen molar-refractivity contribution in [2.75, 3.05) is 19.6 Å². The van der Waals surface area contributed by atoms with E-state index in [0.29, 0.717) is 24.9 Å². The van der Waals surface area contributed by atoms with Gasteiger partial charge in [-0.15, -0.1) is 0 Å². The van der Waals surface area contributed by atoms with Crippen LogP contribution in [0.25, 0.3) is 11.1 Å². The van der Waals surface area contributed by atoms with Crippen molar-refractivity contribution >= 4 is 5.78 Å². The number of aliphatic hydroxyl groups is 2. The minimum absolute atomic E-state index is 0.0235. The van der Waals surface area contributed by atoms with E-state index >= 15 is 0 Å². The third-order valence-electron chi connectivity index (χ3n) is 11.6. The number of hydrogen-bond acceptors (Lipinski definition) is 4. The fraction of sp³-hybridized carbons (Fsp3) is 0.500. The fourth-order valence-corrected chi connectivity index (χ4v) is 8.64. The van der Waals surface area contributed by atoms with Crippen molar-refractivity contribution in [3.8, 4) is 11.1 Å². The number of fused-ring (bicyclic) bond motifs is 8. The van der Waals surface area contributed by atoms with Crippen molar-refractivity contribution in [1.82, 2.24) is 4.90 Å². The number of hydrogen-bond donors (Lipinski definition) is 2. The van der Waals surface area contributed by atoms with Crippen molar-refractivity contribution in [3.05, 3.63) is 107 Å². The highest BCUT2D eigenvalue weighted by Crippen LogP contribution is 2.59. The molecule has 4 aliphatic rings. The number of carbonyl (C=O) groups excluding carboxylic acids is 1. The van der Waals surface area contributed by atoms with Crippen molar-refractivity contribution in [3.63, 3.8) is 0 Å². The van der Waals surface area contributed by atoms with Crippen molar-refractivity contribution in [1.29, 1.82) is 0 Å². The average Bonchev–Trinajstić information content (AvgIpc) is 3.30. The molecule has 2 fully saturated rings. The van der Waals surface area contributed by atoms with E-state index in [1.54, 1.807) is 0 Å². The summed E-state index contributed by atoms with van der Waals surface area (Å²) in [6.45, 7) is 7.30. The van der Waals surface area contributed by atoms with Crippen LogP contribution in [0.3, 0.4) is 0 Å². The van der Waals surface area contributed by atoms with Crippen LogP contribution in [-0.4, -0.2) is 52.2 Å². The van der Waals surface area contributed by atoms with Gasteiger partial charge in [-0.1, -0.05) is 105 Å². The lowest BCUT2D eigenvalue weighted by Crippen LogP contribution is -2.53. The van der Waals surface area contributed by atoms with Crippen LogP contribution in [0, 0.1) is 5.41 Å². The van der Waals surface area contributed by atoms with Gasteiger partial charge in [0, 0.05) is 23.1 Å². The molecule has 1 saturated heterocycles. The van der Waals surface area contributed by atoms with E-state index in [1.807, 2.05) is 42.5 Å². The predicted molar refractivity (Wildman–Crippen MR) is 188 cm³/mol. The first-order chi connectivity index (χ1) is 22.3. The van der Waals surface area contributed by atoms with Crippen LogP contribution < -0.4 is 0 Å². The zero-order chi connectivity index (χ0) is 32.1. The van der Waals surface area contributed by atoms with Gasteiger partial charge in [0.15, 0.2) is 5.78 Å². The number of β-amino-alcohol motifs (C(OH)–C–C–N with tert-alkyl or cyclic N) is 1. The van der Waals surface area contributed by atoms with Crippen LogP contribution in [0.1, 0.15) is 117 Å². The van der Waals surface area contributed by atoms with Gasteiger partial charge in [-0.25, -0.2) is 0 Å². The van der Waals surface area contributed by atoms with E-state index in [4.69, 9.17) is 0 Å². The molecule has 0 radical (unpaired) electrons. The first-order valence-corrected chi connectivity index (χ1v) is 17.9. The molecule has 2 N–H and O–H groups in total. The molecule has 244 valence electrons. The molecule has 4 heteroatoms. The number of likely N-dealkylation sites (tertiary alicyclic amines) is 1. The van der Waals surface area contributed by atoms with Crippen molar-refractivity contribution in [2.45, 2.75) is 109 Å². The lowest BCUT2D eigenvalue weighted by atomic mass is 9.64. The minimum atomic E-state index is -0.831. The average molecular weight is 620 g/mol. The van der Waals surface area contributed by atoms with Gasteiger partial charge in [0.05, 0.1) is 11.7 Å². The van der Waals surface area contributed by atoms with Crippen LogP contribution in [0.2, 0.25) is 0 Å². The maximum atomic E-state index is 14.5. The fourth-order valence-electron chi connectivity index (χ4n) is 8.64. The molecule has 3 aromatic carbocycles. The lowest BCUT2D eigenvalue weighted by molar-refractivity contribution is -0.0843. The summed E-state index contributed by atoms with van der Waals surface area (Å²) in [4.78, 5) is 17.0. The number of ketones is 1. The molecule has 1 heterocycles. The monoisotopic (exact) mass is 619 g/mol. The highest BCUT2D eigenvalue weighted by atomic mass is 16.3. The van der Waals surface area contributed by atoms with Gasteiger partial charge in [-0.05, 0) is 112 Å². The molecule has 4 atom stereocenters. The first-order valence-electron chi connectivity index (χ1n) is 17.9. The Morgan fingerprint density at radius 1 is 0.870 bits per heavy atom. The van der Waals surface area contributed by atoms with Crippen LogP contribution in [0.4, 0.5) is 0 Å². The Hall–Kier alpha value is -3.05. The Morgan fingerprint density at radius 3 is 2.30 bits per heavy atom. The quantitative estimate of drug-likeness (QED) is 0.221. The van der Waals surface area contributed by atoms with Gasteiger partial charge >= 0.3 is 0 Å². The smallest absolute Gasteiger partial charge is 0.193 e. The molecule has 4 nitrogen and oxygen atoms in total. The Kier molecular flexibility index (Phi) is 10.3. The Bertz CT molecular complexity index is 1500. The summed E-state index contributed by atoms with van der Waals surface area (Å²) in [6, 6.07) is 24.6. The van der Waals surface area contributed by atoms with Crippen molar-refractivity contribution < 1.29 is 15.0 Å². The molecule has 7 rings (SSSR count). The normalized spacial score (nSPS) is 28.0. The number of benzene rings is 3. The molecule has 3 aliphatic carbocycles. The topological polar surface area (TPSA) is 60.8 Å². The molecule has 1 aliphatic heterocycles. The molecule has 46 heavy (non-hydrogen) atoms. The number of rotatable bonds is 5. The van der Waals surface area contributed by atoms with Crippen LogP contribution in [-0.2, 0) is 6.42 Å². The Morgan fingerprint density at radius 2 is 1.57 bits per heavy atom. The summed E-state index contributed by atoms with van der Waals surface area (Å²) in [5, 5.41) is 23.7. The van der Waals surface area contributed by atoms with Crippen molar-refractivity contribution in [2.24, 2.45) is 5.41 Å². The second kappa shape index (κ2) is 14.4. The van der Waals surface area contributed by atoms with E-state index in [-0.39, 0.29) is 17.1 Å². The zero-order valence-corrected chi connectivity index (χ0v) is 28.0. The van der Waals surface area contributed by atoms with Gasteiger partial charge in [0.1, 0.15) is 0 Å². The standard InChI is InChI=1S/C42H53NO3/c1-31-12-11-24-41(2)39(23-25-42(41,46)30-43-26-9-4-3-5-10-27-43)37-22-16-32(28-36(44)21-15-31)29-38(37)40(45)35-19-17-34(18-20-35)33-13-7-6-8-14-33/h6-8,12-14,16-20,22,29,36,39,44,46H,3-5,9-11,15,21,23-28,30H2,1-2H3/t36-,39-,41-,42+/m0/s1. The van der Waals surface area contributed by atoms with E-state index in [0.717, 1.165) is 73.0 Å². The van der Waals surface area contributed by atoms with E-state index in [2.05, 4.69) is 55.2 Å². The van der Waals surface area contributed by atoms with Gasteiger partial charge in [0.2, 0.25) is 0 Å². The number of aliphatic hydroxyl groups excluding tert-OH is 1. The molecular weight excluding hydrogens is 566 g/mol. The second-order valence-corrected chi connectivity index (χ2v) is 14.8. The SMILES string of the molecule is CC1=CCC[C@@]2(C)[C@@H](CC[C@@]2(O)CN2CCCCCCC2)c2ccc(cc2C(=O)c2ccc(-c3ccccc3)cc2)C[C@@H](O)CC1. The lowest BCUT2D eigenvalue weighted by Gasteiger charge is -2.46. The molecule has 1 saturated carbocycles. The Labute approximate surface area is 276 Å². The third-order valence-corrected chi connectivity index (χ3v) is 11.6. The highest BCUT2D eigenvalue weighted by molar-refractivity contribution is 6.10. The number of nitrogens with zero attached hydrogens (tertiary/aromatic N) is 1. The number of carbonyl (C=O) groups is 1. The molecule has 0 aromatic heterocycles. The van der Waals surface area contributed by atoms with E-state index in [1.165, 1.54) is 37.7 Å². The van der Waals surface area contributed by atoms with Gasteiger partial charge in [-0.3, -0.25) is 4.79 Å². The highest BCUT2D eigenvalue weighted by Gasteiger charge is 2.57. The van der Waals surface area contributed by atoms with Crippen LogP contribution >= 0.6 is 0 Å². The van der Waals surface area contributed by atoms with Gasteiger partial charge in [-0.2, -0.15) is 0 Å². The molecule has 0 spiro atoms. The maximum Gasteiger partial charge on any atom is 0.193 e. The Balaban J connectivity index is 1.39. The largest absolute Gasteiger partial charge is 0.393 e. The van der Waals surface area contributed by atoms with Gasteiger partial charge in [0.25, 0.3) is 0 Å². The van der Waals surface area contributed by atoms with Crippen LogP contribution in [0.15, 0.2) is 84.4 Å². The first kappa shape index (κ1) is 32.9. The van der Waals surface area contributed by atoms with E-state index in [9.17, 15) is 15.0 Å². The molecule has 2 bridgehead atoms. The van der Waals surface area contributed by atoms with E-state index < -0.39 is 11.7 Å². The van der Waals surface area contributed by atoms with Crippen LogP contribution in [0.5, 0.6) is 0 Å². The summed E-state index contributed by atoms with van der Waals surface area (Å²) in [5.41, 5.74) is 5.77.